The van der Waals surface area contributed by atoms with E-state index in [2.05, 4.69) is 10.3 Å². The molecule has 14 heteroatoms. The number of amides is 3. The first-order chi connectivity index (χ1) is 25.5. The third kappa shape index (κ3) is 5.36. The van der Waals surface area contributed by atoms with Crippen LogP contribution in [0.15, 0.2) is 94.7 Å². The Balaban J connectivity index is 1.01. The van der Waals surface area contributed by atoms with E-state index in [1.807, 2.05) is 48.5 Å². The number of carbonyl (C=O) groups is 3. The molecular formula is C39H30F3N3O6S2. The average molecular weight is 758 g/mol. The molecule has 9 rings (SSSR count). The zero-order chi connectivity index (χ0) is 36.8. The second-order valence-electron chi connectivity index (χ2n) is 13.8. The number of H-pyrrole nitrogens is 1. The van der Waals surface area contributed by atoms with Crippen molar-refractivity contribution in [2.45, 2.75) is 28.8 Å². The molecule has 3 amide bonds. The fourth-order valence-corrected chi connectivity index (χ4v) is 12.1. The number of benzene rings is 4. The first-order valence-corrected chi connectivity index (χ1v) is 18.7. The van der Waals surface area contributed by atoms with Crippen molar-refractivity contribution >= 4 is 63.0 Å². The van der Waals surface area contributed by atoms with Gasteiger partial charge in [-0.25, -0.2) is 4.90 Å². The Bertz CT molecular complexity index is 2390. The van der Waals surface area contributed by atoms with Gasteiger partial charge in [0.05, 0.1) is 35.2 Å². The zero-order valence-corrected chi connectivity index (χ0v) is 29.5. The van der Waals surface area contributed by atoms with Crippen LogP contribution < -0.4 is 24.6 Å². The summed E-state index contributed by atoms with van der Waals surface area (Å²) in [7, 11) is 1.49. The second-order valence-corrected chi connectivity index (χ2v) is 16.0. The lowest BCUT2D eigenvalue weighted by atomic mass is 9.68. The summed E-state index contributed by atoms with van der Waals surface area (Å²) in [5.74, 6) is -3.54. The van der Waals surface area contributed by atoms with Gasteiger partial charge in [0, 0.05) is 27.1 Å². The summed E-state index contributed by atoms with van der Waals surface area (Å²) >= 11 is 2.57. The fraction of sp³-hybridized carbons (Fsp3) is 0.282. The van der Waals surface area contributed by atoms with Gasteiger partial charge in [-0.1, -0.05) is 65.9 Å². The number of fused-ring (bicyclic) bond motifs is 10. The van der Waals surface area contributed by atoms with E-state index < -0.39 is 41.1 Å². The van der Waals surface area contributed by atoms with Gasteiger partial charge in [-0.15, -0.1) is 11.8 Å². The Hall–Kier alpha value is -5.08. The van der Waals surface area contributed by atoms with Gasteiger partial charge >= 0.3 is 11.0 Å². The standard InChI is InChI=1S/C39H30F3N3O6S2/c1-50-27-15-19(13-14-26(27)51-17-28(46)43-24-11-6-8-18-7-2-3-9-20(18)24)29-30-21-16-22(33(30)52-35-34(29)53-38(49)44-35)32-31(21)36(47)45(37(32)48)25-12-5-4-10-23(25)39(40,41)42/h2-15,21-22,29-33H,16-17H2,1H3,(H,43,46)(H,44,49)/t21?,22?,29-,30?,31?,32?,33?/m1/s1. The van der Waals surface area contributed by atoms with E-state index in [0.29, 0.717) is 28.6 Å². The number of nitrogens with zero attached hydrogens (tertiary/aromatic N) is 1. The van der Waals surface area contributed by atoms with Crippen molar-refractivity contribution in [2.24, 2.45) is 29.6 Å². The number of para-hydroxylation sites is 1. The summed E-state index contributed by atoms with van der Waals surface area (Å²) in [6.07, 6.45) is -4.18. The van der Waals surface area contributed by atoms with Crippen LogP contribution in [0.25, 0.3) is 10.8 Å². The number of halogens is 3. The minimum absolute atomic E-state index is 0.168. The number of imide groups is 1. The van der Waals surface area contributed by atoms with Crippen molar-refractivity contribution in [3.63, 3.8) is 0 Å². The van der Waals surface area contributed by atoms with Crippen LogP contribution in [-0.2, 0) is 20.6 Å². The zero-order valence-electron chi connectivity index (χ0n) is 27.9. The summed E-state index contributed by atoms with van der Waals surface area (Å²) in [5, 5.41) is 5.32. The lowest BCUT2D eigenvalue weighted by Crippen LogP contribution is -2.42. The predicted octanol–water partition coefficient (Wildman–Crippen LogP) is 7.31. The van der Waals surface area contributed by atoms with E-state index in [1.165, 1.54) is 37.1 Å². The summed E-state index contributed by atoms with van der Waals surface area (Å²) in [4.78, 5) is 58.0. The van der Waals surface area contributed by atoms with Crippen LogP contribution in [0.5, 0.6) is 11.5 Å². The number of aromatic nitrogens is 1. The van der Waals surface area contributed by atoms with Gasteiger partial charge in [-0.2, -0.15) is 13.2 Å². The first kappa shape index (κ1) is 33.7. The summed E-state index contributed by atoms with van der Waals surface area (Å²) in [5.41, 5.74) is -0.0148. The normalized spacial score (nSPS) is 25.7. The van der Waals surface area contributed by atoms with Gasteiger partial charge < -0.3 is 19.8 Å². The summed E-state index contributed by atoms with van der Waals surface area (Å²) in [6, 6.07) is 23.4. The number of alkyl halides is 3. The number of rotatable bonds is 7. The number of hydrogen-bond donors (Lipinski definition) is 2. The summed E-state index contributed by atoms with van der Waals surface area (Å²) < 4.78 is 53.8. The number of aromatic amines is 1. The second kappa shape index (κ2) is 12.5. The van der Waals surface area contributed by atoms with E-state index in [4.69, 9.17) is 9.47 Å². The van der Waals surface area contributed by atoms with Gasteiger partial charge in [-0.05, 0) is 65.5 Å². The van der Waals surface area contributed by atoms with Gasteiger partial charge in [-0.3, -0.25) is 19.2 Å². The molecule has 1 saturated heterocycles. The molecule has 3 fully saturated rings. The highest BCUT2D eigenvalue weighted by Crippen LogP contribution is 2.69. The summed E-state index contributed by atoms with van der Waals surface area (Å²) in [6.45, 7) is -0.287. The number of carbonyl (C=O) groups excluding carboxylic acids is 3. The molecule has 2 bridgehead atoms. The van der Waals surface area contributed by atoms with Crippen LogP contribution in [-0.4, -0.2) is 41.7 Å². The van der Waals surface area contributed by atoms with Crippen LogP contribution in [0.1, 0.15) is 28.3 Å². The molecule has 53 heavy (non-hydrogen) atoms. The van der Waals surface area contributed by atoms with Crippen molar-refractivity contribution < 1.29 is 37.0 Å². The maximum atomic E-state index is 14.1. The molecular weight excluding hydrogens is 728 g/mol. The molecule has 270 valence electrons. The van der Waals surface area contributed by atoms with Crippen molar-refractivity contribution in [1.29, 1.82) is 0 Å². The highest BCUT2D eigenvalue weighted by atomic mass is 32.2. The lowest BCUT2D eigenvalue weighted by Gasteiger charge is -2.43. The van der Waals surface area contributed by atoms with E-state index in [1.54, 1.807) is 12.1 Å². The van der Waals surface area contributed by atoms with Gasteiger partial charge in [0.15, 0.2) is 18.1 Å². The number of nitrogens with one attached hydrogen (secondary N) is 2. The molecule has 0 radical (unpaired) electrons. The Morgan fingerprint density at radius 1 is 0.925 bits per heavy atom. The van der Waals surface area contributed by atoms with Crippen molar-refractivity contribution in [1.82, 2.24) is 4.98 Å². The van der Waals surface area contributed by atoms with E-state index in [-0.39, 0.29) is 46.3 Å². The molecule has 4 aliphatic rings. The third-order valence-electron chi connectivity index (χ3n) is 11.1. The third-order valence-corrected chi connectivity index (χ3v) is 13.7. The minimum atomic E-state index is -4.75. The Morgan fingerprint density at radius 3 is 2.45 bits per heavy atom. The smallest absolute Gasteiger partial charge is 0.418 e. The lowest BCUT2D eigenvalue weighted by molar-refractivity contribution is -0.137. The van der Waals surface area contributed by atoms with Crippen molar-refractivity contribution in [2.75, 3.05) is 23.9 Å². The fourth-order valence-electron chi connectivity index (χ4n) is 9.20. The van der Waals surface area contributed by atoms with E-state index in [0.717, 1.165) is 43.5 Å². The SMILES string of the molecule is COc1cc([C@H]2c3sc(=O)[nH]c3SC3C4CC(C5C(=O)N(c6ccccc6C(F)(F)F)C(=O)C45)C32)ccc1OCC(=O)Nc1cccc2ccccc12. The Morgan fingerprint density at radius 2 is 1.66 bits per heavy atom. The van der Waals surface area contributed by atoms with Gasteiger partial charge in [0.25, 0.3) is 5.91 Å². The number of thioether (sulfide) groups is 1. The molecule has 0 spiro atoms. The number of ether oxygens (including phenoxy) is 2. The van der Waals surface area contributed by atoms with Crippen molar-refractivity contribution in [3.05, 3.63) is 111 Å². The van der Waals surface area contributed by atoms with Crippen LogP contribution in [0, 0.1) is 29.6 Å². The number of hydrogen-bond acceptors (Lipinski definition) is 8. The van der Waals surface area contributed by atoms with Gasteiger partial charge in [0.1, 0.15) is 0 Å². The average Bonchev–Trinajstić information content (AvgIpc) is 3.89. The van der Waals surface area contributed by atoms with E-state index >= 15 is 0 Å². The molecule has 2 saturated carbocycles. The van der Waals surface area contributed by atoms with Crippen molar-refractivity contribution in [3.8, 4) is 11.5 Å². The van der Waals surface area contributed by atoms with Crippen LogP contribution in [0.4, 0.5) is 24.5 Å². The largest absolute Gasteiger partial charge is 0.493 e. The maximum absolute atomic E-state index is 14.1. The number of anilines is 2. The molecule has 2 aliphatic heterocycles. The number of methoxy groups -OCH3 is 1. The van der Waals surface area contributed by atoms with Crippen LogP contribution in [0.2, 0.25) is 0 Å². The molecule has 4 aromatic carbocycles. The maximum Gasteiger partial charge on any atom is 0.418 e. The Labute approximate surface area is 308 Å². The van der Waals surface area contributed by atoms with Crippen LogP contribution in [0.3, 0.4) is 0 Å². The molecule has 3 heterocycles. The van der Waals surface area contributed by atoms with Gasteiger partial charge in [0.2, 0.25) is 11.8 Å². The van der Waals surface area contributed by atoms with Crippen LogP contribution >= 0.6 is 23.1 Å². The predicted molar refractivity (Wildman–Crippen MR) is 193 cm³/mol. The topological polar surface area (TPSA) is 118 Å². The molecule has 6 unspecified atom stereocenters. The Kier molecular flexibility index (Phi) is 7.96. The molecule has 5 aromatic rings. The van der Waals surface area contributed by atoms with E-state index in [9.17, 15) is 32.3 Å². The molecule has 9 nitrogen and oxygen atoms in total. The molecule has 7 atom stereocenters. The molecule has 1 aromatic heterocycles. The minimum Gasteiger partial charge on any atom is -0.493 e. The first-order valence-electron chi connectivity index (χ1n) is 17.1. The highest BCUT2D eigenvalue weighted by molar-refractivity contribution is 8.00. The monoisotopic (exact) mass is 757 g/mol. The highest BCUT2D eigenvalue weighted by Gasteiger charge is 2.70. The molecule has 2 aliphatic carbocycles. The quantitative estimate of drug-likeness (QED) is 0.167. The number of thiazole rings is 1. The molecule has 2 N–H and O–H groups in total.